The summed E-state index contributed by atoms with van der Waals surface area (Å²) < 4.78 is 0. The lowest BCUT2D eigenvalue weighted by molar-refractivity contribution is 0.532. The predicted molar refractivity (Wildman–Crippen MR) is 155 cm³/mol. The van der Waals surface area contributed by atoms with Crippen molar-refractivity contribution in [3.8, 4) is 0 Å². The fraction of sp³-hybridized carbons (Fsp3) is 1.00. The van der Waals surface area contributed by atoms with Gasteiger partial charge in [0.15, 0.2) is 0 Å². The highest BCUT2D eigenvalue weighted by Crippen LogP contribution is 2.09. The number of unbranched alkanes of at least 4 members (excludes halogenated alkanes) is 21. The van der Waals surface area contributed by atoms with Crippen molar-refractivity contribution >= 4 is 0 Å². The zero-order chi connectivity index (χ0) is 24.5. The topological polar surface area (TPSA) is 24.1 Å². The molecule has 2 heteroatoms. The maximum absolute atomic E-state index is 3.61. The lowest BCUT2D eigenvalue weighted by Gasteiger charge is -2.05. The molecule has 0 heterocycles. The third-order valence-electron chi connectivity index (χ3n) is 6.69. The van der Waals surface area contributed by atoms with Crippen LogP contribution in [0.3, 0.4) is 0 Å². The fourth-order valence-electron chi connectivity index (χ4n) is 4.33. The zero-order valence-corrected chi connectivity index (χ0v) is 24.1. The van der Waals surface area contributed by atoms with E-state index in [4.69, 9.17) is 0 Å². The molecule has 0 aromatic carbocycles. The summed E-state index contributed by atoms with van der Waals surface area (Å²) >= 11 is 0. The van der Waals surface area contributed by atoms with Gasteiger partial charge in [0.1, 0.15) is 0 Å². The molecule has 0 aromatic heterocycles. The molecule has 0 unspecified atom stereocenters. The van der Waals surface area contributed by atoms with Crippen LogP contribution in [0, 0.1) is 0 Å². The molecule has 0 fully saturated rings. The molecule has 0 aliphatic carbocycles. The minimum absolute atomic E-state index is 1.19. The van der Waals surface area contributed by atoms with E-state index in [0.717, 1.165) is 0 Å². The molecular formula is C31H68N2. The molecule has 0 atom stereocenters. The highest BCUT2D eigenvalue weighted by Gasteiger charge is 1.94. The number of hydrogen-bond donors (Lipinski definition) is 2. The van der Waals surface area contributed by atoms with Crippen molar-refractivity contribution in [3.63, 3.8) is 0 Å². The molecule has 0 spiro atoms. The Labute approximate surface area is 212 Å². The van der Waals surface area contributed by atoms with Crippen molar-refractivity contribution in [2.24, 2.45) is 0 Å². The van der Waals surface area contributed by atoms with E-state index >= 15 is 0 Å². The Morgan fingerprint density at radius 1 is 0.303 bits per heavy atom. The Bertz CT molecular complexity index is 265. The monoisotopic (exact) mass is 469 g/mol. The molecule has 0 rings (SSSR count). The van der Waals surface area contributed by atoms with Gasteiger partial charge in [-0.1, -0.05) is 156 Å². The molecule has 0 aliphatic heterocycles. The summed E-state index contributed by atoms with van der Waals surface area (Å²) in [7, 11) is 2.03. The number of rotatable bonds is 27. The molecule has 33 heavy (non-hydrogen) atoms. The summed E-state index contributed by atoms with van der Waals surface area (Å²) in [5, 5.41) is 6.79. The molecule has 0 bridgehead atoms. The Hall–Kier alpha value is -0.0800. The number of hydrogen-bond acceptors (Lipinski definition) is 2. The summed E-state index contributed by atoms with van der Waals surface area (Å²) in [4.78, 5) is 0. The lowest BCUT2D eigenvalue weighted by atomic mass is 10.1. The molecule has 0 radical (unpaired) electrons. The van der Waals surface area contributed by atoms with Gasteiger partial charge < -0.3 is 10.6 Å². The van der Waals surface area contributed by atoms with Crippen molar-refractivity contribution < 1.29 is 0 Å². The third-order valence-corrected chi connectivity index (χ3v) is 6.69. The van der Waals surface area contributed by atoms with Crippen LogP contribution in [0.25, 0.3) is 0 Å². The van der Waals surface area contributed by atoms with Crippen LogP contribution in [0.15, 0.2) is 0 Å². The molecule has 202 valence electrons. The van der Waals surface area contributed by atoms with Gasteiger partial charge in [-0.25, -0.2) is 0 Å². The summed E-state index contributed by atoms with van der Waals surface area (Å²) in [6.45, 7) is 10.5. The van der Waals surface area contributed by atoms with Crippen LogP contribution in [-0.4, -0.2) is 26.7 Å². The molecular weight excluding hydrogens is 400 g/mol. The second kappa shape index (κ2) is 36.5. The van der Waals surface area contributed by atoms with Crippen molar-refractivity contribution in [1.82, 2.24) is 10.6 Å². The van der Waals surface area contributed by atoms with Crippen molar-refractivity contribution in [2.45, 2.75) is 175 Å². The second-order valence-corrected chi connectivity index (χ2v) is 10.3. The van der Waals surface area contributed by atoms with E-state index in [1.165, 1.54) is 174 Å². The Kier molecular flexibility index (Phi) is 38.8. The number of nitrogens with one attached hydrogen (secondary N) is 2. The van der Waals surface area contributed by atoms with Gasteiger partial charge in [-0.3, -0.25) is 0 Å². The van der Waals surface area contributed by atoms with E-state index in [2.05, 4.69) is 31.4 Å². The van der Waals surface area contributed by atoms with Gasteiger partial charge in [-0.05, 0) is 45.9 Å². The van der Waals surface area contributed by atoms with Crippen LogP contribution in [0.2, 0.25) is 0 Å². The highest BCUT2D eigenvalue weighted by molar-refractivity contribution is 4.52. The van der Waals surface area contributed by atoms with E-state index in [1.54, 1.807) is 0 Å². The normalized spacial score (nSPS) is 10.9. The molecule has 2 nitrogen and oxygen atoms in total. The lowest BCUT2D eigenvalue weighted by Crippen LogP contribution is -2.16. The average Bonchev–Trinajstić information content (AvgIpc) is 2.83. The fourth-order valence-corrected chi connectivity index (χ4v) is 4.33. The van der Waals surface area contributed by atoms with Crippen molar-refractivity contribution in [2.75, 3.05) is 26.7 Å². The van der Waals surface area contributed by atoms with Crippen LogP contribution in [-0.2, 0) is 0 Å². The maximum atomic E-state index is 3.61. The minimum Gasteiger partial charge on any atom is -0.320 e. The molecule has 0 amide bonds. The Morgan fingerprint density at radius 3 is 0.818 bits per heavy atom. The maximum Gasteiger partial charge on any atom is -0.00489 e. The predicted octanol–water partition coefficient (Wildman–Crippen LogP) is 10.2. The smallest absolute Gasteiger partial charge is 0.00489 e. The molecule has 0 saturated heterocycles. The highest BCUT2D eigenvalue weighted by atomic mass is 14.8. The van der Waals surface area contributed by atoms with Gasteiger partial charge in [0.2, 0.25) is 0 Å². The zero-order valence-electron chi connectivity index (χ0n) is 24.1. The quantitative estimate of drug-likeness (QED) is 0.117. The van der Waals surface area contributed by atoms with E-state index in [0.29, 0.717) is 0 Å². The molecule has 0 saturated carbocycles. The first-order valence-corrected chi connectivity index (χ1v) is 15.7. The van der Waals surface area contributed by atoms with Crippen LogP contribution in [0.1, 0.15) is 175 Å². The van der Waals surface area contributed by atoms with E-state index in [9.17, 15) is 0 Å². The third kappa shape index (κ3) is 39.4. The summed E-state index contributed by atoms with van der Waals surface area (Å²) in [6, 6.07) is 0. The van der Waals surface area contributed by atoms with Gasteiger partial charge in [-0.15, -0.1) is 0 Å². The minimum atomic E-state index is 1.19. The van der Waals surface area contributed by atoms with Crippen LogP contribution < -0.4 is 10.6 Å². The van der Waals surface area contributed by atoms with Crippen LogP contribution >= 0.6 is 0 Å². The first kappa shape index (κ1) is 35.1. The van der Waals surface area contributed by atoms with Gasteiger partial charge in [0.25, 0.3) is 0 Å². The molecule has 0 aliphatic rings. The van der Waals surface area contributed by atoms with Gasteiger partial charge >= 0.3 is 0 Å². The van der Waals surface area contributed by atoms with E-state index < -0.39 is 0 Å². The van der Waals surface area contributed by atoms with E-state index in [1.807, 2.05) is 7.05 Å². The average molecular weight is 469 g/mol. The van der Waals surface area contributed by atoms with Crippen molar-refractivity contribution in [1.29, 1.82) is 0 Å². The van der Waals surface area contributed by atoms with Crippen molar-refractivity contribution in [3.05, 3.63) is 0 Å². The van der Waals surface area contributed by atoms with E-state index in [-0.39, 0.29) is 0 Å². The van der Waals surface area contributed by atoms with Gasteiger partial charge in [0.05, 0.1) is 0 Å². The standard InChI is InChI=1S/C20H43N.C11H25N/c1-3-5-7-9-11-13-15-17-19-21-20-18-16-14-12-10-8-6-4-2;1-3-4-5-6-7-8-9-10-11-12-2/h21H,3-20H2,1-2H3;12H,3-11H2,1-2H3. The Morgan fingerprint density at radius 2 is 0.545 bits per heavy atom. The Balaban J connectivity index is 0. The molecule has 0 aromatic rings. The SMILES string of the molecule is CCCCCCCCCCNC.CCCCCCCCCCNCCCCCCCCCC. The molecule has 2 N–H and O–H groups in total. The van der Waals surface area contributed by atoms with Crippen LogP contribution in [0.4, 0.5) is 0 Å². The summed E-state index contributed by atoms with van der Waals surface area (Å²) in [5.41, 5.74) is 0. The van der Waals surface area contributed by atoms with Gasteiger partial charge in [0, 0.05) is 0 Å². The first-order chi connectivity index (χ1) is 16.3. The summed E-state index contributed by atoms with van der Waals surface area (Å²) in [6.07, 6.45) is 34.2. The second-order valence-electron chi connectivity index (χ2n) is 10.3. The van der Waals surface area contributed by atoms with Gasteiger partial charge in [-0.2, -0.15) is 0 Å². The first-order valence-electron chi connectivity index (χ1n) is 15.7. The largest absolute Gasteiger partial charge is 0.320 e. The van der Waals surface area contributed by atoms with Crippen LogP contribution in [0.5, 0.6) is 0 Å². The summed E-state index contributed by atoms with van der Waals surface area (Å²) in [5.74, 6) is 0.